The van der Waals surface area contributed by atoms with Gasteiger partial charge in [-0.05, 0) is 38.5 Å². The number of halogens is 3. The van der Waals surface area contributed by atoms with E-state index in [2.05, 4.69) is 22.0 Å². The molecule has 0 saturated heterocycles. The molecule has 5 nitrogen and oxygen atoms in total. The number of hydrogen-bond donors (Lipinski definition) is 1. The standard InChI is InChI=1S/C19H17F3N4O/c1-10(2)23-18(27)16-12(4)24-17-11(3)9-15(25-26(16)17)13-7-5-6-8-14(13)19(20,21)22/h5-9H,1H2,2-4H3,(H,23,27). The van der Waals surface area contributed by atoms with Crippen molar-refractivity contribution in [3.8, 4) is 11.3 Å². The van der Waals surface area contributed by atoms with Gasteiger partial charge in [-0.15, -0.1) is 0 Å². The maximum atomic E-state index is 13.4. The Kier molecular flexibility index (Phi) is 4.51. The van der Waals surface area contributed by atoms with E-state index in [1.54, 1.807) is 20.8 Å². The fraction of sp³-hybridized carbons (Fsp3) is 0.211. The zero-order chi connectivity index (χ0) is 19.9. The second-order valence-corrected chi connectivity index (χ2v) is 6.27. The number of benzene rings is 1. The highest BCUT2D eigenvalue weighted by Gasteiger charge is 2.34. The average Bonchev–Trinajstić information content (AvgIpc) is 2.90. The molecule has 1 aromatic carbocycles. The largest absolute Gasteiger partial charge is 0.417 e. The Labute approximate surface area is 153 Å². The maximum Gasteiger partial charge on any atom is 0.417 e. The van der Waals surface area contributed by atoms with E-state index in [0.717, 1.165) is 6.07 Å². The predicted molar refractivity (Wildman–Crippen MR) is 95.2 cm³/mol. The van der Waals surface area contributed by atoms with Crippen LogP contribution in [0.4, 0.5) is 13.2 Å². The first kappa shape index (κ1) is 18.6. The van der Waals surface area contributed by atoms with Gasteiger partial charge in [0.25, 0.3) is 5.91 Å². The van der Waals surface area contributed by atoms with E-state index in [9.17, 15) is 18.0 Å². The molecule has 140 valence electrons. The van der Waals surface area contributed by atoms with E-state index in [0.29, 0.717) is 22.6 Å². The Morgan fingerprint density at radius 3 is 2.52 bits per heavy atom. The monoisotopic (exact) mass is 374 g/mol. The highest BCUT2D eigenvalue weighted by molar-refractivity contribution is 5.95. The van der Waals surface area contributed by atoms with Gasteiger partial charge in [0, 0.05) is 11.3 Å². The van der Waals surface area contributed by atoms with Crippen molar-refractivity contribution in [1.29, 1.82) is 0 Å². The molecular weight excluding hydrogens is 357 g/mol. The second-order valence-electron chi connectivity index (χ2n) is 6.27. The zero-order valence-corrected chi connectivity index (χ0v) is 15.0. The van der Waals surface area contributed by atoms with E-state index in [-0.39, 0.29) is 17.0 Å². The van der Waals surface area contributed by atoms with Gasteiger partial charge in [0.15, 0.2) is 11.3 Å². The topological polar surface area (TPSA) is 59.3 Å². The van der Waals surface area contributed by atoms with Gasteiger partial charge in [-0.25, -0.2) is 9.50 Å². The van der Waals surface area contributed by atoms with Gasteiger partial charge >= 0.3 is 6.18 Å². The number of nitrogens with one attached hydrogen (secondary N) is 1. The van der Waals surface area contributed by atoms with Crippen LogP contribution < -0.4 is 5.32 Å². The number of fused-ring (bicyclic) bond motifs is 1. The number of alkyl halides is 3. The number of nitrogens with zero attached hydrogens (tertiary/aromatic N) is 3. The van der Waals surface area contributed by atoms with Crippen LogP contribution in [0, 0.1) is 13.8 Å². The second kappa shape index (κ2) is 6.53. The third-order valence-electron chi connectivity index (χ3n) is 3.99. The van der Waals surface area contributed by atoms with E-state index in [1.165, 1.54) is 28.8 Å². The minimum atomic E-state index is -4.52. The van der Waals surface area contributed by atoms with Gasteiger partial charge in [0.2, 0.25) is 0 Å². The van der Waals surface area contributed by atoms with Crippen molar-refractivity contribution in [1.82, 2.24) is 19.9 Å². The normalized spacial score (nSPS) is 11.6. The van der Waals surface area contributed by atoms with Crippen molar-refractivity contribution in [3.63, 3.8) is 0 Å². The van der Waals surface area contributed by atoms with Crippen LogP contribution in [0.2, 0.25) is 0 Å². The number of allylic oxidation sites excluding steroid dienone is 1. The molecule has 3 rings (SSSR count). The van der Waals surface area contributed by atoms with Crippen molar-refractivity contribution >= 4 is 11.6 Å². The van der Waals surface area contributed by atoms with Gasteiger partial charge in [0.1, 0.15) is 0 Å². The fourth-order valence-corrected chi connectivity index (χ4v) is 2.88. The summed E-state index contributed by atoms with van der Waals surface area (Å²) in [6.07, 6.45) is -4.52. The van der Waals surface area contributed by atoms with E-state index >= 15 is 0 Å². The summed E-state index contributed by atoms with van der Waals surface area (Å²) < 4.78 is 41.4. The van der Waals surface area contributed by atoms with Crippen LogP contribution in [-0.2, 0) is 6.18 Å². The smallest absolute Gasteiger partial charge is 0.325 e. The van der Waals surface area contributed by atoms with Gasteiger partial charge < -0.3 is 5.32 Å². The summed E-state index contributed by atoms with van der Waals surface area (Å²) in [4.78, 5) is 16.8. The van der Waals surface area contributed by atoms with E-state index < -0.39 is 17.6 Å². The minimum Gasteiger partial charge on any atom is -0.325 e. The van der Waals surface area contributed by atoms with Crippen molar-refractivity contribution < 1.29 is 18.0 Å². The van der Waals surface area contributed by atoms with E-state index in [4.69, 9.17) is 0 Å². The molecule has 0 fully saturated rings. The Hall–Kier alpha value is -3.16. The minimum absolute atomic E-state index is 0.0624. The number of amides is 1. The molecule has 0 aliphatic rings. The molecule has 0 unspecified atom stereocenters. The molecule has 27 heavy (non-hydrogen) atoms. The molecule has 0 spiro atoms. The summed E-state index contributed by atoms with van der Waals surface area (Å²) >= 11 is 0. The lowest BCUT2D eigenvalue weighted by Gasteiger charge is -2.13. The summed E-state index contributed by atoms with van der Waals surface area (Å²) in [7, 11) is 0. The lowest BCUT2D eigenvalue weighted by atomic mass is 10.0. The predicted octanol–water partition coefficient (Wildman–Crippen LogP) is 4.30. The van der Waals surface area contributed by atoms with Crippen LogP contribution in [0.5, 0.6) is 0 Å². The van der Waals surface area contributed by atoms with Crippen molar-refractivity contribution in [2.45, 2.75) is 26.9 Å². The van der Waals surface area contributed by atoms with Crippen LogP contribution in [0.25, 0.3) is 16.9 Å². The van der Waals surface area contributed by atoms with Crippen LogP contribution in [-0.4, -0.2) is 20.5 Å². The summed E-state index contributed by atoms with van der Waals surface area (Å²) in [6, 6.07) is 6.73. The van der Waals surface area contributed by atoms with E-state index in [1.807, 2.05) is 0 Å². The number of rotatable bonds is 3. The Balaban J connectivity index is 2.27. The molecule has 0 aliphatic heterocycles. The van der Waals surface area contributed by atoms with Crippen molar-refractivity contribution in [2.75, 3.05) is 0 Å². The summed E-state index contributed by atoms with van der Waals surface area (Å²) in [5.41, 5.74) is 1.28. The Morgan fingerprint density at radius 1 is 1.22 bits per heavy atom. The number of carbonyl (C=O) groups excluding carboxylic acids is 1. The summed E-state index contributed by atoms with van der Waals surface area (Å²) in [5.74, 6) is -0.472. The zero-order valence-electron chi connectivity index (χ0n) is 15.0. The number of aromatic nitrogens is 3. The van der Waals surface area contributed by atoms with Crippen molar-refractivity contribution in [2.24, 2.45) is 0 Å². The highest BCUT2D eigenvalue weighted by atomic mass is 19.4. The summed E-state index contributed by atoms with van der Waals surface area (Å²) in [5, 5.41) is 6.87. The molecule has 1 amide bonds. The average molecular weight is 374 g/mol. The number of aryl methyl sites for hydroxylation is 2. The molecule has 0 bridgehead atoms. The molecular formula is C19H17F3N4O. The number of imidazole rings is 1. The van der Waals surface area contributed by atoms with Crippen LogP contribution in [0.15, 0.2) is 42.6 Å². The first-order valence-electron chi connectivity index (χ1n) is 8.10. The van der Waals surface area contributed by atoms with Gasteiger partial charge in [-0.3, -0.25) is 4.79 Å². The molecule has 0 saturated carbocycles. The van der Waals surface area contributed by atoms with Crippen LogP contribution in [0.3, 0.4) is 0 Å². The third-order valence-corrected chi connectivity index (χ3v) is 3.99. The molecule has 1 N–H and O–H groups in total. The maximum absolute atomic E-state index is 13.4. The summed E-state index contributed by atoms with van der Waals surface area (Å²) in [6.45, 7) is 8.61. The van der Waals surface area contributed by atoms with Gasteiger partial charge in [0.05, 0.1) is 17.0 Å². The molecule has 0 radical (unpaired) electrons. The van der Waals surface area contributed by atoms with Gasteiger partial charge in [-0.1, -0.05) is 24.8 Å². The van der Waals surface area contributed by atoms with Gasteiger partial charge in [-0.2, -0.15) is 18.3 Å². The first-order chi connectivity index (χ1) is 12.6. The number of carbonyl (C=O) groups is 1. The van der Waals surface area contributed by atoms with Crippen LogP contribution in [0.1, 0.15) is 34.2 Å². The molecule has 3 aromatic rings. The Bertz CT molecular complexity index is 1070. The quantitative estimate of drug-likeness (QED) is 0.744. The lowest BCUT2D eigenvalue weighted by Crippen LogP contribution is -2.24. The number of hydrogen-bond acceptors (Lipinski definition) is 3. The van der Waals surface area contributed by atoms with Crippen LogP contribution >= 0.6 is 0 Å². The molecule has 0 atom stereocenters. The molecule has 2 heterocycles. The molecule has 8 heteroatoms. The fourth-order valence-electron chi connectivity index (χ4n) is 2.88. The van der Waals surface area contributed by atoms with Crippen molar-refractivity contribution in [3.05, 3.63) is 65.1 Å². The third kappa shape index (κ3) is 3.42. The lowest BCUT2D eigenvalue weighted by molar-refractivity contribution is -0.137. The molecule has 2 aromatic heterocycles. The molecule has 0 aliphatic carbocycles. The first-order valence-corrected chi connectivity index (χ1v) is 8.10. The highest BCUT2D eigenvalue weighted by Crippen LogP contribution is 2.36. The Morgan fingerprint density at radius 2 is 1.89 bits per heavy atom. The SMILES string of the molecule is C=C(C)NC(=O)c1c(C)nc2c(C)cc(-c3ccccc3C(F)(F)F)nn12.